The highest BCUT2D eigenvalue weighted by molar-refractivity contribution is 9.10. The molecule has 84 valence electrons. The van der Waals surface area contributed by atoms with Gasteiger partial charge in [-0.15, -0.1) is 0 Å². The lowest BCUT2D eigenvalue weighted by atomic mass is 10.1. The van der Waals surface area contributed by atoms with Crippen LogP contribution in [0.25, 0.3) is 0 Å². The second-order valence-electron chi connectivity index (χ2n) is 3.71. The zero-order valence-electron chi connectivity index (χ0n) is 8.84. The molecule has 0 bridgehead atoms. The average Bonchev–Trinajstić information content (AvgIpc) is 2.18. The molecule has 1 aromatic carbocycles. The maximum atomic E-state index is 6.02. The van der Waals surface area contributed by atoms with E-state index in [2.05, 4.69) is 29.8 Å². The van der Waals surface area contributed by atoms with Gasteiger partial charge in [-0.25, -0.2) is 0 Å². The van der Waals surface area contributed by atoms with Gasteiger partial charge in [0.2, 0.25) is 0 Å². The lowest BCUT2D eigenvalue weighted by Gasteiger charge is -2.21. The highest BCUT2D eigenvalue weighted by Crippen LogP contribution is 2.29. The predicted octanol–water partition coefficient (Wildman–Crippen LogP) is 3.46. The van der Waals surface area contributed by atoms with E-state index in [-0.39, 0.29) is 6.10 Å². The van der Waals surface area contributed by atoms with E-state index >= 15 is 0 Å². The Morgan fingerprint density at radius 3 is 2.67 bits per heavy atom. The summed E-state index contributed by atoms with van der Waals surface area (Å²) >= 11 is 9.39. The highest BCUT2D eigenvalue weighted by atomic mass is 79.9. The maximum absolute atomic E-state index is 6.02. The molecule has 1 atom stereocenters. The van der Waals surface area contributed by atoms with Gasteiger partial charge >= 0.3 is 0 Å². The summed E-state index contributed by atoms with van der Waals surface area (Å²) in [6.07, 6.45) is -0.00296. The predicted molar refractivity (Wildman–Crippen MR) is 67.5 cm³/mol. The summed E-state index contributed by atoms with van der Waals surface area (Å²) in [5, 5.41) is 0.609. The van der Waals surface area contributed by atoms with Crippen LogP contribution in [0.15, 0.2) is 22.7 Å². The Morgan fingerprint density at radius 1 is 1.47 bits per heavy atom. The Labute approximate surface area is 104 Å². The van der Waals surface area contributed by atoms with Gasteiger partial charge in [0.15, 0.2) is 0 Å². The Bertz CT molecular complexity index is 330. The molecule has 1 unspecified atom stereocenters. The molecule has 0 amide bonds. The molecule has 15 heavy (non-hydrogen) atoms. The molecule has 0 aromatic heterocycles. The van der Waals surface area contributed by atoms with Crippen LogP contribution in [0.1, 0.15) is 13.8 Å². The van der Waals surface area contributed by atoms with Crippen molar-refractivity contribution < 1.29 is 4.74 Å². The molecule has 0 fully saturated rings. The van der Waals surface area contributed by atoms with Crippen LogP contribution in [0, 0.1) is 5.92 Å². The smallest absolute Gasteiger partial charge is 0.139 e. The first-order valence-electron chi connectivity index (χ1n) is 4.86. The standard InChI is InChI=1S/C11H15BrClNO/c1-7(2)11(6-14)15-10-5-8(12)3-4-9(10)13/h3-5,7,11H,6,14H2,1-2H3. The fraction of sp³-hybridized carbons (Fsp3) is 0.455. The Morgan fingerprint density at radius 2 is 2.13 bits per heavy atom. The normalized spacial score (nSPS) is 12.9. The zero-order valence-corrected chi connectivity index (χ0v) is 11.2. The van der Waals surface area contributed by atoms with Crippen LogP contribution >= 0.6 is 27.5 Å². The molecule has 0 saturated carbocycles. The van der Waals surface area contributed by atoms with Gasteiger partial charge in [0, 0.05) is 11.0 Å². The van der Waals surface area contributed by atoms with Crippen LogP contribution in [-0.4, -0.2) is 12.6 Å². The zero-order chi connectivity index (χ0) is 11.4. The van der Waals surface area contributed by atoms with Crippen molar-refractivity contribution in [3.8, 4) is 5.75 Å². The number of ether oxygens (including phenoxy) is 1. The van der Waals surface area contributed by atoms with Crippen LogP contribution in [0.2, 0.25) is 5.02 Å². The van der Waals surface area contributed by atoms with E-state index in [0.717, 1.165) is 4.47 Å². The number of nitrogens with two attached hydrogens (primary N) is 1. The quantitative estimate of drug-likeness (QED) is 0.922. The van der Waals surface area contributed by atoms with Crippen LogP contribution in [0.5, 0.6) is 5.75 Å². The molecule has 2 nitrogen and oxygen atoms in total. The van der Waals surface area contributed by atoms with Gasteiger partial charge < -0.3 is 10.5 Å². The number of rotatable bonds is 4. The summed E-state index contributed by atoms with van der Waals surface area (Å²) in [5.74, 6) is 1.04. The maximum Gasteiger partial charge on any atom is 0.139 e. The number of benzene rings is 1. The molecule has 0 radical (unpaired) electrons. The summed E-state index contributed by atoms with van der Waals surface area (Å²) in [4.78, 5) is 0. The van der Waals surface area contributed by atoms with Crippen molar-refractivity contribution >= 4 is 27.5 Å². The first-order valence-corrected chi connectivity index (χ1v) is 6.03. The molecule has 4 heteroatoms. The first-order chi connectivity index (χ1) is 7.04. The minimum absolute atomic E-state index is 0.00296. The molecule has 0 saturated heterocycles. The molecular formula is C11H15BrClNO. The van der Waals surface area contributed by atoms with Gasteiger partial charge in [-0.3, -0.25) is 0 Å². The molecule has 0 aliphatic carbocycles. The summed E-state index contributed by atoms with van der Waals surface area (Å²) < 4.78 is 6.70. The number of hydrogen-bond acceptors (Lipinski definition) is 2. The lowest BCUT2D eigenvalue weighted by molar-refractivity contribution is 0.159. The molecule has 0 aliphatic rings. The highest BCUT2D eigenvalue weighted by Gasteiger charge is 2.14. The van der Waals surface area contributed by atoms with Crippen LogP contribution in [0.4, 0.5) is 0 Å². The molecule has 0 heterocycles. The van der Waals surface area contributed by atoms with Crippen molar-refractivity contribution in [1.29, 1.82) is 0 Å². The minimum Gasteiger partial charge on any atom is -0.487 e. The van der Waals surface area contributed by atoms with Gasteiger partial charge in [-0.2, -0.15) is 0 Å². The second-order valence-corrected chi connectivity index (χ2v) is 5.03. The third-order valence-corrected chi connectivity index (χ3v) is 2.95. The van der Waals surface area contributed by atoms with E-state index in [1.165, 1.54) is 0 Å². The molecule has 1 aromatic rings. The number of hydrogen-bond donors (Lipinski definition) is 1. The van der Waals surface area contributed by atoms with E-state index in [1.54, 1.807) is 6.07 Å². The summed E-state index contributed by atoms with van der Waals surface area (Å²) in [6.45, 7) is 4.63. The van der Waals surface area contributed by atoms with Crippen molar-refractivity contribution in [2.24, 2.45) is 11.7 Å². The third kappa shape index (κ3) is 3.67. The van der Waals surface area contributed by atoms with Gasteiger partial charge in [-0.05, 0) is 24.1 Å². The summed E-state index contributed by atoms with van der Waals surface area (Å²) in [6, 6.07) is 5.53. The molecule has 0 spiro atoms. The van der Waals surface area contributed by atoms with Gasteiger partial charge in [0.1, 0.15) is 11.9 Å². The molecular weight excluding hydrogens is 277 g/mol. The average molecular weight is 293 g/mol. The number of halogens is 2. The molecule has 0 aliphatic heterocycles. The third-order valence-electron chi connectivity index (χ3n) is 2.15. The van der Waals surface area contributed by atoms with Crippen molar-refractivity contribution in [3.05, 3.63) is 27.7 Å². The fourth-order valence-corrected chi connectivity index (χ4v) is 1.69. The fourth-order valence-electron chi connectivity index (χ4n) is 1.19. The van der Waals surface area contributed by atoms with Gasteiger partial charge in [0.05, 0.1) is 5.02 Å². The Balaban J connectivity index is 2.82. The SMILES string of the molecule is CC(C)C(CN)Oc1cc(Br)ccc1Cl. The second kappa shape index (κ2) is 5.73. The molecule has 2 N–H and O–H groups in total. The van der Waals surface area contributed by atoms with E-state index < -0.39 is 0 Å². The van der Waals surface area contributed by atoms with E-state index in [9.17, 15) is 0 Å². The monoisotopic (exact) mass is 291 g/mol. The van der Waals surface area contributed by atoms with Crippen molar-refractivity contribution in [1.82, 2.24) is 0 Å². The van der Waals surface area contributed by atoms with Gasteiger partial charge in [-0.1, -0.05) is 41.4 Å². The van der Waals surface area contributed by atoms with E-state index in [1.807, 2.05) is 12.1 Å². The summed E-state index contributed by atoms with van der Waals surface area (Å²) in [7, 11) is 0. The molecule has 1 rings (SSSR count). The van der Waals surface area contributed by atoms with E-state index in [0.29, 0.717) is 23.2 Å². The van der Waals surface area contributed by atoms with Gasteiger partial charge in [0.25, 0.3) is 0 Å². The van der Waals surface area contributed by atoms with Crippen LogP contribution in [-0.2, 0) is 0 Å². The topological polar surface area (TPSA) is 35.2 Å². The van der Waals surface area contributed by atoms with Crippen molar-refractivity contribution in [2.45, 2.75) is 20.0 Å². The Kier molecular flexibility index (Phi) is 4.90. The minimum atomic E-state index is -0.00296. The largest absolute Gasteiger partial charge is 0.487 e. The van der Waals surface area contributed by atoms with Crippen LogP contribution < -0.4 is 10.5 Å². The van der Waals surface area contributed by atoms with Crippen molar-refractivity contribution in [2.75, 3.05) is 6.54 Å². The summed E-state index contributed by atoms with van der Waals surface area (Å²) in [5.41, 5.74) is 5.63. The first kappa shape index (κ1) is 12.8. The lowest BCUT2D eigenvalue weighted by Crippen LogP contribution is -2.31. The van der Waals surface area contributed by atoms with E-state index in [4.69, 9.17) is 22.1 Å². The Hall–Kier alpha value is -0.250. The van der Waals surface area contributed by atoms with Crippen molar-refractivity contribution in [3.63, 3.8) is 0 Å². The van der Waals surface area contributed by atoms with Crippen LogP contribution in [0.3, 0.4) is 0 Å².